The standard InChI is InChI=1S/C15H21NO8/c1-5-6-21-14-12(16-8(2)17)15(20)24-11(7-22-9(3)18)13(14)23-10(4)19/h1,11-15,20H,6-7H2,2-4H3,(H,16,17)/t11-,12-,13+,14-,15-/m1/s1. The Bertz CT molecular complexity index is 514. The van der Waals surface area contributed by atoms with Crippen LogP contribution in [0.4, 0.5) is 0 Å². The summed E-state index contributed by atoms with van der Waals surface area (Å²) in [5.41, 5.74) is 0. The molecule has 0 aromatic rings. The van der Waals surface area contributed by atoms with Gasteiger partial charge in [0.25, 0.3) is 0 Å². The number of amides is 1. The number of nitrogens with one attached hydrogen (secondary N) is 1. The molecule has 0 aromatic carbocycles. The first kappa shape index (κ1) is 19.9. The zero-order valence-electron chi connectivity index (χ0n) is 13.7. The van der Waals surface area contributed by atoms with E-state index in [0.717, 1.165) is 0 Å². The summed E-state index contributed by atoms with van der Waals surface area (Å²) in [5, 5.41) is 12.6. The Balaban J connectivity index is 3.06. The average molecular weight is 343 g/mol. The Hall–Kier alpha value is -2.15. The van der Waals surface area contributed by atoms with Gasteiger partial charge in [-0.1, -0.05) is 5.92 Å². The largest absolute Gasteiger partial charge is 0.463 e. The van der Waals surface area contributed by atoms with Gasteiger partial charge in [-0.05, 0) is 0 Å². The van der Waals surface area contributed by atoms with Gasteiger partial charge in [0.1, 0.15) is 31.5 Å². The van der Waals surface area contributed by atoms with Crippen LogP contribution in [0, 0.1) is 12.3 Å². The third-order valence-corrected chi connectivity index (χ3v) is 3.15. The van der Waals surface area contributed by atoms with E-state index in [0.29, 0.717) is 0 Å². The molecule has 1 aliphatic heterocycles. The lowest BCUT2D eigenvalue weighted by Crippen LogP contribution is -2.65. The lowest BCUT2D eigenvalue weighted by Gasteiger charge is -2.43. The van der Waals surface area contributed by atoms with E-state index in [2.05, 4.69) is 11.2 Å². The summed E-state index contributed by atoms with van der Waals surface area (Å²) < 4.78 is 20.8. The van der Waals surface area contributed by atoms with E-state index in [1.807, 2.05) is 0 Å². The van der Waals surface area contributed by atoms with Crippen LogP contribution in [0.15, 0.2) is 0 Å². The quantitative estimate of drug-likeness (QED) is 0.452. The van der Waals surface area contributed by atoms with Gasteiger partial charge in [-0.25, -0.2) is 0 Å². The van der Waals surface area contributed by atoms with Crippen molar-refractivity contribution in [1.29, 1.82) is 0 Å². The van der Waals surface area contributed by atoms with Gasteiger partial charge in [-0.15, -0.1) is 6.42 Å². The topological polar surface area (TPSA) is 120 Å². The van der Waals surface area contributed by atoms with Crippen LogP contribution in [0.3, 0.4) is 0 Å². The van der Waals surface area contributed by atoms with Crippen molar-refractivity contribution in [2.45, 2.75) is 51.4 Å². The van der Waals surface area contributed by atoms with Crippen LogP contribution in [0.5, 0.6) is 0 Å². The maximum atomic E-state index is 11.4. The number of ether oxygens (including phenoxy) is 4. The smallest absolute Gasteiger partial charge is 0.303 e. The molecule has 0 aliphatic carbocycles. The van der Waals surface area contributed by atoms with Crippen molar-refractivity contribution >= 4 is 17.8 Å². The summed E-state index contributed by atoms with van der Waals surface area (Å²) in [6.07, 6.45) is 0.686. The molecule has 1 heterocycles. The number of terminal acetylenes is 1. The molecule has 0 spiro atoms. The van der Waals surface area contributed by atoms with Crippen molar-refractivity contribution in [1.82, 2.24) is 5.32 Å². The molecule has 1 amide bonds. The third kappa shape index (κ3) is 5.81. The Morgan fingerprint density at radius 2 is 1.88 bits per heavy atom. The first-order chi connectivity index (χ1) is 11.3. The van der Waals surface area contributed by atoms with E-state index < -0.39 is 48.5 Å². The Morgan fingerprint density at radius 3 is 2.38 bits per heavy atom. The number of aliphatic hydroxyl groups is 1. The summed E-state index contributed by atoms with van der Waals surface area (Å²) in [7, 11) is 0. The predicted octanol–water partition coefficient (Wildman–Crippen LogP) is -1.28. The molecule has 1 aliphatic rings. The SMILES string of the molecule is C#CCO[C@@H]1[C@@H](NC(C)=O)[C@H](O)O[C@H](COC(C)=O)[C@@H]1OC(C)=O. The predicted molar refractivity (Wildman–Crippen MR) is 79.2 cm³/mol. The van der Waals surface area contributed by atoms with Crippen LogP contribution in [-0.2, 0) is 33.3 Å². The second-order valence-corrected chi connectivity index (χ2v) is 5.15. The van der Waals surface area contributed by atoms with Gasteiger partial charge in [0.15, 0.2) is 12.4 Å². The molecule has 9 nitrogen and oxygen atoms in total. The molecular formula is C15H21NO8. The van der Waals surface area contributed by atoms with Crippen molar-refractivity contribution in [3.05, 3.63) is 0 Å². The second kappa shape index (κ2) is 9.22. The van der Waals surface area contributed by atoms with E-state index >= 15 is 0 Å². The fourth-order valence-electron chi connectivity index (χ4n) is 2.32. The van der Waals surface area contributed by atoms with Crippen molar-refractivity contribution in [3.8, 4) is 12.3 Å². The van der Waals surface area contributed by atoms with Crippen LogP contribution in [0.1, 0.15) is 20.8 Å². The molecule has 2 N–H and O–H groups in total. The van der Waals surface area contributed by atoms with Crippen molar-refractivity contribution < 1.29 is 38.4 Å². The molecule has 9 heteroatoms. The molecule has 0 radical (unpaired) electrons. The monoisotopic (exact) mass is 343 g/mol. The molecule has 5 atom stereocenters. The van der Waals surface area contributed by atoms with Gasteiger partial charge < -0.3 is 29.4 Å². The fourth-order valence-corrected chi connectivity index (χ4v) is 2.32. The molecular weight excluding hydrogens is 322 g/mol. The van der Waals surface area contributed by atoms with Crippen LogP contribution >= 0.6 is 0 Å². The summed E-state index contributed by atoms with van der Waals surface area (Å²) in [6, 6.07) is -1.02. The van der Waals surface area contributed by atoms with Crippen molar-refractivity contribution in [3.63, 3.8) is 0 Å². The summed E-state index contributed by atoms with van der Waals surface area (Å²) in [5.74, 6) is 0.607. The summed E-state index contributed by atoms with van der Waals surface area (Å²) >= 11 is 0. The number of aliphatic hydroxyl groups excluding tert-OH is 1. The van der Waals surface area contributed by atoms with Crippen LogP contribution in [-0.4, -0.2) is 66.8 Å². The first-order valence-corrected chi connectivity index (χ1v) is 7.22. The molecule has 1 saturated heterocycles. The number of hydrogen-bond acceptors (Lipinski definition) is 8. The number of carbonyl (C=O) groups excluding carboxylic acids is 3. The van der Waals surface area contributed by atoms with Gasteiger partial charge >= 0.3 is 11.9 Å². The minimum atomic E-state index is -1.47. The second-order valence-electron chi connectivity index (χ2n) is 5.15. The molecule has 1 fully saturated rings. The lowest BCUT2D eigenvalue weighted by molar-refractivity contribution is -0.266. The van der Waals surface area contributed by atoms with E-state index in [1.54, 1.807) is 0 Å². The number of carbonyl (C=O) groups is 3. The number of rotatable bonds is 6. The van der Waals surface area contributed by atoms with Gasteiger partial charge in [-0.2, -0.15) is 0 Å². The van der Waals surface area contributed by atoms with Crippen molar-refractivity contribution in [2.75, 3.05) is 13.2 Å². The highest BCUT2D eigenvalue weighted by atomic mass is 16.7. The molecule has 0 aromatic heterocycles. The normalized spacial score (nSPS) is 29.2. The van der Waals surface area contributed by atoms with Gasteiger partial charge in [0, 0.05) is 20.8 Å². The van der Waals surface area contributed by atoms with Crippen molar-refractivity contribution in [2.24, 2.45) is 0 Å². The Labute approximate surface area is 139 Å². The highest BCUT2D eigenvalue weighted by Crippen LogP contribution is 2.25. The highest BCUT2D eigenvalue weighted by molar-refractivity contribution is 5.73. The molecule has 134 valence electrons. The molecule has 0 saturated carbocycles. The Kier molecular flexibility index (Phi) is 7.64. The number of hydrogen-bond donors (Lipinski definition) is 2. The van der Waals surface area contributed by atoms with Gasteiger partial charge in [0.05, 0.1) is 0 Å². The van der Waals surface area contributed by atoms with Crippen LogP contribution < -0.4 is 5.32 Å². The molecule has 0 unspecified atom stereocenters. The highest BCUT2D eigenvalue weighted by Gasteiger charge is 2.49. The van der Waals surface area contributed by atoms with Crippen LogP contribution in [0.2, 0.25) is 0 Å². The fraction of sp³-hybridized carbons (Fsp3) is 0.667. The maximum Gasteiger partial charge on any atom is 0.303 e. The molecule has 24 heavy (non-hydrogen) atoms. The van der Waals surface area contributed by atoms with E-state index in [1.165, 1.54) is 20.8 Å². The zero-order valence-corrected chi connectivity index (χ0v) is 13.7. The van der Waals surface area contributed by atoms with Gasteiger partial charge in [-0.3, -0.25) is 14.4 Å². The van der Waals surface area contributed by atoms with Crippen LogP contribution in [0.25, 0.3) is 0 Å². The van der Waals surface area contributed by atoms with E-state index in [-0.39, 0.29) is 13.2 Å². The van der Waals surface area contributed by atoms with E-state index in [4.69, 9.17) is 25.4 Å². The van der Waals surface area contributed by atoms with E-state index in [9.17, 15) is 19.5 Å². The molecule has 0 bridgehead atoms. The zero-order chi connectivity index (χ0) is 18.3. The van der Waals surface area contributed by atoms with Gasteiger partial charge in [0.2, 0.25) is 5.91 Å². The minimum Gasteiger partial charge on any atom is -0.463 e. The first-order valence-electron chi connectivity index (χ1n) is 7.22. The average Bonchev–Trinajstić information content (AvgIpc) is 2.47. The summed E-state index contributed by atoms with van der Waals surface area (Å²) in [4.78, 5) is 33.7. The molecule has 1 rings (SSSR count). The summed E-state index contributed by atoms with van der Waals surface area (Å²) in [6.45, 7) is 3.21. The number of esters is 2. The Morgan fingerprint density at radius 1 is 1.21 bits per heavy atom. The minimum absolute atomic E-state index is 0.147. The lowest BCUT2D eigenvalue weighted by atomic mass is 9.96. The maximum absolute atomic E-state index is 11.4. The third-order valence-electron chi connectivity index (χ3n) is 3.15.